The third-order valence-corrected chi connectivity index (χ3v) is 7.25. The first-order chi connectivity index (χ1) is 15.2. The summed E-state index contributed by atoms with van der Waals surface area (Å²) in [5.41, 5.74) is 0.924. The van der Waals surface area contributed by atoms with Gasteiger partial charge in [-0.15, -0.1) is 0 Å². The average Bonchev–Trinajstić information content (AvgIpc) is 2.78. The number of carbonyl (C=O) groups excluding carboxylic acids is 1. The number of amides is 1. The van der Waals surface area contributed by atoms with Gasteiger partial charge in [-0.3, -0.25) is 9.52 Å². The van der Waals surface area contributed by atoms with Crippen LogP contribution in [-0.4, -0.2) is 29.3 Å². The minimum Gasteiger partial charge on any atom is -0.322 e. The molecule has 0 fully saturated rings. The van der Waals surface area contributed by atoms with Crippen molar-refractivity contribution in [2.75, 3.05) is 16.6 Å². The van der Waals surface area contributed by atoms with Gasteiger partial charge in [0, 0.05) is 23.5 Å². The summed E-state index contributed by atoms with van der Waals surface area (Å²) in [5, 5.41) is 2.64. The SMILES string of the molecule is CCCNS(=O)(=O)c1ccc(NC(=O)c2cccc(S(=O)(=O)Nc3ccccc3)c2)cc1. The van der Waals surface area contributed by atoms with Crippen LogP contribution in [-0.2, 0) is 20.0 Å². The molecule has 0 aromatic heterocycles. The second-order valence-electron chi connectivity index (χ2n) is 6.88. The normalized spacial score (nSPS) is 11.7. The molecule has 32 heavy (non-hydrogen) atoms. The Bertz CT molecular complexity index is 1290. The Balaban J connectivity index is 1.74. The van der Waals surface area contributed by atoms with Crippen LogP contribution in [0.4, 0.5) is 11.4 Å². The number of nitrogens with one attached hydrogen (secondary N) is 3. The maximum Gasteiger partial charge on any atom is 0.261 e. The molecule has 1 amide bonds. The highest BCUT2D eigenvalue weighted by atomic mass is 32.2. The molecule has 0 atom stereocenters. The fraction of sp³-hybridized carbons (Fsp3) is 0.136. The number of carbonyl (C=O) groups is 1. The van der Waals surface area contributed by atoms with E-state index in [0.717, 1.165) is 0 Å². The maximum atomic E-state index is 12.6. The van der Waals surface area contributed by atoms with E-state index >= 15 is 0 Å². The van der Waals surface area contributed by atoms with Crippen LogP contribution < -0.4 is 14.8 Å². The van der Waals surface area contributed by atoms with Crippen molar-refractivity contribution in [1.82, 2.24) is 4.72 Å². The summed E-state index contributed by atoms with van der Waals surface area (Å²) in [5.74, 6) is -0.526. The average molecular weight is 474 g/mol. The van der Waals surface area contributed by atoms with Crippen molar-refractivity contribution < 1.29 is 21.6 Å². The predicted octanol–water partition coefficient (Wildman–Crippen LogP) is 3.43. The summed E-state index contributed by atoms with van der Waals surface area (Å²) in [7, 11) is -7.48. The van der Waals surface area contributed by atoms with E-state index in [4.69, 9.17) is 0 Å². The Morgan fingerprint density at radius 3 is 2.09 bits per heavy atom. The van der Waals surface area contributed by atoms with E-state index in [0.29, 0.717) is 24.3 Å². The summed E-state index contributed by atoms with van der Waals surface area (Å²) in [6.07, 6.45) is 0.670. The molecule has 3 aromatic carbocycles. The lowest BCUT2D eigenvalue weighted by Crippen LogP contribution is -2.24. The smallest absolute Gasteiger partial charge is 0.261 e. The first kappa shape index (κ1) is 23.5. The summed E-state index contributed by atoms with van der Waals surface area (Å²) in [6.45, 7) is 2.19. The summed E-state index contributed by atoms with van der Waals surface area (Å²) in [6, 6.07) is 19.8. The third-order valence-electron chi connectivity index (χ3n) is 4.40. The molecule has 0 saturated heterocycles. The van der Waals surface area contributed by atoms with Gasteiger partial charge in [-0.05, 0) is 61.0 Å². The molecule has 3 rings (SSSR count). The zero-order valence-corrected chi connectivity index (χ0v) is 18.9. The highest BCUT2D eigenvalue weighted by Crippen LogP contribution is 2.19. The number of hydrogen-bond acceptors (Lipinski definition) is 5. The van der Waals surface area contributed by atoms with E-state index in [1.165, 1.54) is 48.5 Å². The maximum absolute atomic E-state index is 12.6. The highest BCUT2D eigenvalue weighted by molar-refractivity contribution is 7.92. The van der Waals surface area contributed by atoms with Crippen molar-refractivity contribution in [3.05, 3.63) is 84.4 Å². The van der Waals surface area contributed by atoms with E-state index in [9.17, 15) is 21.6 Å². The lowest BCUT2D eigenvalue weighted by Gasteiger charge is -2.10. The molecule has 0 aliphatic carbocycles. The molecule has 0 heterocycles. The number of anilines is 2. The quantitative estimate of drug-likeness (QED) is 0.440. The van der Waals surface area contributed by atoms with Crippen molar-refractivity contribution >= 4 is 37.3 Å². The van der Waals surface area contributed by atoms with Crippen molar-refractivity contribution in [2.24, 2.45) is 0 Å². The van der Waals surface area contributed by atoms with Crippen LogP contribution in [0.2, 0.25) is 0 Å². The Kier molecular flexibility index (Phi) is 7.29. The van der Waals surface area contributed by atoms with Crippen LogP contribution in [0, 0.1) is 0 Å². The number of benzene rings is 3. The predicted molar refractivity (Wildman–Crippen MR) is 124 cm³/mol. The summed E-state index contributed by atoms with van der Waals surface area (Å²) >= 11 is 0. The lowest BCUT2D eigenvalue weighted by molar-refractivity contribution is 0.102. The fourth-order valence-electron chi connectivity index (χ4n) is 2.77. The monoisotopic (exact) mass is 473 g/mol. The Labute approximate surface area is 187 Å². The van der Waals surface area contributed by atoms with E-state index in [1.54, 1.807) is 30.3 Å². The number of para-hydroxylation sites is 1. The molecule has 8 nitrogen and oxygen atoms in total. The first-order valence-corrected chi connectivity index (χ1v) is 12.8. The fourth-order valence-corrected chi connectivity index (χ4v) is 5.00. The number of rotatable bonds is 9. The minimum absolute atomic E-state index is 0.0579. The van der Waals surface area contributed by atoms with Crippen LogP contribution >= 0.6 is 0 Å². The molecule has 10 heteroatoms. The van der Waals surface area contributed by atoms with Crippen molar-refractivity contribution in [3.63, 3.8) is 0 Å². The summed E-state index contributed by atoms with van der Waals surface area (Å²) in [4.78, 5) is 12.6. The van der Waals surface area contributed by atoms with Crippen LogP contribution in [0.15, 0.2) is 88.7 Å². The van der Waals surface area contributed by atoms with Gasteiger partial charge in [-0.25, -0.2) is 21.6 Å². The van der Waals surface area contributed by atoms with Gasteiger partial charge in [0.25, 0.3) is 15.9 Å². The first-order valence-electron chi connectivity index (χ1n) is 9.80. The molecule has 168 valence electrons. The minimum atomic E-state index is -3.88. The van der Waals surface area contributed by atoms with Crippen molar-refractivity contribution in [3.8, 4) is 0 Å². The molecule has 0 aliphatic heterocycles. The van der Waals surface area contributed by atoms with Gasteiger partial charge in [0.1, 0.15) is 0 Å². The largest absolute Gasteiger partial charge is 0.322 e. The van der Waals surface area contributed by atoms with E-state index in [1.807, 2.05) is 6.92 Å². The van der Waals surface area contributed by atoms with Gasteiger partial charge in [0.15, 0.2) is 0 Å². The molecular formula is C22H23N3O5S2. The number of hydrogen-bond donors (Lipinski definition) is 3. The zero-order chi connectivity index (χ0) is 23.2. The van der Waals surface area contributed by atoms with E-state index < -0.39 is 26.0 Å². The molecule has 0 unspecified atom stereocenters. The van der Waals surface area contributed by atoms with Crippen LogP contribution in [0.1, 0.15) is 23.7 Å². The van der Waals surface area contributed by atoms with Gasteiger partial charge in [0.2, 0.25) is 10.0 Å². The molecule has 3 aromatic rings. The van der Waals surface area contributed by atoms with Gasteiger partial charge in [-0.2, -0.15) is 0 Å². The van der Waals surface area contributed by atoms with Crippen molar-refractivity contribution in [2.45, 2.75) is 23.1 Å². The van der Waals surface area contributed by atoms with E-state index in [-0.39, 0.29) is 15.4 Å². The van der Waals surface area contributed by atoms with Gasteiger partial charge < -0.3 is 5.32 Å². The van der Waals surface area contributed by atoms with Gasteiger partial charge >= 0.3 is 0 Å². The molecule has 0 aliphatic rings. The number of sulfonamides is 2. The van der Waals surface area contributed by atoms with Crippen LogP contribution in [0.25, 0.3) is 0 Å². The molecule has 3 N–H and O–H groups in total. The summed E-state index contributed by atoms with van der Waals surface area (Å²) < 4.78 is 54.5. The van der Waals surface area contributed by atoms with Gasteiger partial charge in [-0.1, -0.05) is 31.2 Å². The van der Waals surface area contributed by atoms with E-state index in [2.05, 4.69) is 14.8 Å². The third kappa shape index (κ3) is 5.94. The molecule has 0 saturated carbocycles. The second-order valence-corrected chi connectivity index (χ2v) is 10.3. The molecule has 0 bridgehead atoms. The Hall–Kier alpha value is -3.21. The van der Waals surface area contributed by atoms with Crippen LogP contribution in [0.5, 0.6) is 0 Å². The lowest BCUT2D eigenvalue weighted by atomic mass is 10.2. The molecular weight excluding hydrogens is 450 g/mol. The van der Waals surface area contributed by atoms with Crippen molar-refractivity contribution in [1.29, 1.82) is 0 Å². The topological polar surface area (TPSA) is 121 Å². The van der Waals surface area contributed by atoms with Crippen LogP contribution in [0.3, 0.4) is 0 Å². The Morgan fingerprint density at radius 1 is 0.750 bits per heavy atom. The second kappa shape index (κ2) is 9.94. The highest BCUT2D eigenvalue weighted by Gasteiger charge is 2.17. The van der Waals surface area contributed by atoms with Gasteiger partial charge in [0.05, 0.1) is 9.79 Å². The standard InChI is InChI=1S/C22H23N3O5S2/c1-2-15-23-31(27,28)20-13-11-18(12-14-20)24-22(26)17-7-6-10-21(16-17)32(29,30)25-19-8-4-3-5-9-19/h3-14,16,23,25H,2,15H2,1H3,(H,24,26). The Morgan fingerprint density at radius 2 is 1.44 bits per heavy atom. The molecule has 0 radical (unpaired) electrons. The molecule has 0 spiro atoms. The zero-order valence-electron chi connectivity index (χ0n) is 17.3.